The molecule has 0 aromatic heterocycles. The Kier molecular flexibility index (Phi) is 6.88. The quantitative estimate of drug-likeness (QED) is 0.373. The van der Waals surface area contributed by atoms with Crippen LogP contribution in [0.15, 0.2) is 47.6 Å². The van der Waals surface area contributed by atoms with E-state index in [0.29, 0.717) is 0 Å². The zero-order chi connectivity index (χ0) is 14.1. The number of hydrogen-bond donors (Lipinski definition) is 0. The highest BCUT2D eigenvalue weighted by molar-refractivity contribution is 5.93. The van der Waals surface area contributed by atoms with Crippen LogP contribution in [0.4, 0.5) is 0 Å². The highest BCUT2D eigenvalue weighted by atomic mass is 16.1. The highest BCUT2D eigenvalue weighted by Gasteiger charge is 2.00. The Bertz CT molecular complexity index is 452. The first-order valence-electron chi connectivity index (χ1n) is 7.08. The first kappa shape index (κ1) is 15.4. The number of ketones is 1. The van der Waals surface area contributed by atoms with Crippen molar-refractivity contribution < 1.29 is 4.79 Å². The van der Waals surface area contributed by atoms with Gasteiger partial charge in [-0.25, -0.2) is 0 Å². The number of benzene rings is 1. The fourth-order valence-corrected chi connectivity index (χ4v) is 1.91. The molecule has 0 N–H and O–H groups in total. The van der Waals surface area contributed by atoms with E-state index in [1.807, 2.05) is 31.2 Å². The molecule has 0 radical (unpaired) electrons. The molecule has 0 aliphatic carbocycles. The summed E-state index contributed by atoms with van der Waals surface area (Å²) in [6.45, 7) is 5.72. The molecular formula is C18H24O. The van der Waals surface area contributed by atoms with Crippen molar-refractivity contribution in [1.29, 1.82) is 0 Å². The van der Waals surface area contributed by atoms with Crippen molar-refractivity contribution in [3.8, 4) is 0 Å². The second-order valence-corrected chi connectivity index (χ2v) is 4.97. The van der Waals surface area contributed by atoms with Gasteiger partial charge in [-0.15, -0.1) is 0 Å². The largest absolute Gasteiger partial charge is 0.295 e. The number of allylic oxidation sites excluding steroid dienone is 3. The fourth-order valence-electron chi connectivity index (χ4n) is 1.91. The summed E-state index contributed by atoms with van der Waals surface area (Å²) in [6.07, 6.45) is 8.88. The Labute approximate surface area is 117 Å². The average molecular weight is 256 g/mol. The fraction of sp³-hybridized carbons (Fsp3) is 0.389. The topological polar surface area (TPSA) is 17.1 Å². The lowest BCUT2D eigenvalue weighted by atomic mass is 10.0. The zero-order valence-electron chi connectivity index (χ0n) is 12.3. The molecule has 0 atom stereocenters. The van der Waals surface area contributed by atoms with E-state index in [2.05, 4.69) is 25.1 Å². The monoisotopic (exact) mass is 256 g/mol. The van der Waals surface area contributed by atoms with Crippen molar-refractivity contribution in [3.63, 3.8) is 0 Å². The first-order valence-corrected chi connectivity index (χ1v) is 7.08. The van der Waals surface area contributed by atoms with Crippen LogP contribution < -0.4 is 0 Å². The number of carbonyl (C=O) groups is 1. The van der Waals surface area contributed by atoms with Crippen LogP contribution in [-0.2, 0) is 4.79 Å². The first-order chi connectivity index (χ1) is 9.13. The second-order valence-electron chi connectivity index (χ2n) is 4.97. The van der Waals surface area contributed by atoms with Gasteiger partial charge in [-0.2, -0.15) is 0 Å². The number of carbonyl (C=O) groups excluding carboxylic acids is 1. The summed E-state index contributed by atoms with van der Waals surface area (Å²) < 4.78 is 0. The molecule has 1 nitrogen and oxygen atoms in total. The summed E-state index contributed by atoms with van der Waals surface area (Å²) in [5, 5.41) is 0. The number of rotatable bonds is 7. The summed E-state index contributed by atoms with van der Waals surface area (Å²) in [5.41, 5.74) is 3.27. The van der Waals surface area contributed by atoms with Crippen LogP contribution in [0.2, 0.25) is 0 Å². The molecule has 0 heterocycles. The van der Waals surface area contributed by atoms with Gasteiger partial charge in [0.2, 0.25) is 0 Å². The van der Waals surface area contributed by atoms with Gasteiger partial charge in [-0.05, 0) is 43.4 Å². The molecule has 1 heteroatoms. The maximum absolute atomic E-state index is 11.4. The third kappa shape index (κ3) is 6.19. The molecule has 1 rings (SSSR count). The van der Waals surface area contributed by atoms with Gasteiger partial charge >= 0.3 is 0 Å². The molecule has 0 saturated carbocycles. The average Bonchev–Trinajstić information content (AvgIpc) is 2.40. The lowest BCUT2D eigenvalue weighted by Gasteiger charge is -2.04. The van der Waals surface area contributed by atoms with Crippen LogP contribution >= 0.6 is 0 Å². The van der Waals surface area contributed by atoms with E-state index in [1.54, 1.807) is 6.92 Å². The second kappa shape index (κ2) is 8.47. The molecule has 1 aromatic carbocycles. The van der Waals surface area contributed by atoms with Crippen LogP contribution in [0.5, 0.6) is 0 Å². The van der Waals surface area contributed by atoms with Gasteiger partial charge in [0, 0.05) is 0 Å². The van der Waals surface area contributed by atoms with Crippen molar-refractivity contribution in [2.45, 2.75) is 46.5 Å². The summed E-state index contributed by atoms with van der Waals surface area (Å²) in [5.74, 6) is 0.148. The molecule has 0 aliphatic heterocycles. The van der Waals surface area contributed by atoms with Crippen molar-refractivity contribution in [2.24, 2.45) is 0 Å². The van der Waals surface area contributed by atoms with E-state index in [9.17, 15) is 4.79 Å². The maximum atomic E-state index is 11.4. The smallest absolute Gasteiger partial charge is 0.155 e. The Hall–Kier alpha value is -1.63. The van der Waals surface area contributed by atoms with Gasteiger partial charge in [0.25, 0.3) is 0 Å². The van der Waals surface area contributed by atoms with Gasteiger partial charge in [0.15, 0.2) is 5.78 Å². The molecule has 19 heavy (non-hydrogen) atoms. The third-order valence-electron chi connectivity index (χ3n) is 3.18. The Balaban J connectivity index is 2.89. The van der Waals surface area contributed by atoms with Gasteiger partial charge in [0.05, 0.1) is 0 Å². The lowest BCUT2D eigenvalue weighted by Crippen LogP contribution is -1.93. The predicted octanol–water partition coefficient (Wildman–Crippen LogP) is 5.19. The number of hydrogen-bond acceptors (Lipinski definition) is 1. The molecule has 1 aromatic rings. The molecule has 0 fully saturated rings. The van der Waals surface area contributed by atoms with Gasteiger partial charge < -0.3 is 0 Å². The molecular weight excluding hydrogens is 232 g/mol. The third-order valence-corrected chi connectivity index (χ3v) is 3.18. The Morgan fingerprint density at radius 3 is 2.37 bits per heavy atom. The number of Topliss-reactive ketones (excluding diaryl/α,β-unsaturated/α-hetero) is 1. The summed E-state index contributed by atoms with van der Waals surface area (Å²) in [4.78, 5) is 11.4. The van der Waals surface area contributed by atoms with Gasteiger partial charge in [-0.3, -0.25) is 4.79 Å². The minimum Gasteiger partial charge on any atom is -0.295 e. The SMILES string of the molecule is CCCCCC(=Cc1ccccc1)C=C(C)C(C)=O. The molecule has 0 unspecified atom stereocenters. The van der Waals surface area contributed by atoms with Crippen LogP contribution in [0, 0.1) is 0 Å². The van der Waals surface area contributed by atoms with Crippen LogP contribution in [0.3, 0.4) is 0 Å². The van der Waals surface area contributed by atoms with Crippen molar-refractivity contribution in [1.82, 2.24) is 0 Å². The van der Waals surface area contributed by atoms with Crippen LogP contribution in [0.1, 0.15) is 52.0 Å². The van der Waals surface area contributed by atoms with Crippen molar-refractivity contribution in [3.05, 3.63) is 53.1 Å². The van der Waals surface area contributed by atoms with Crippen LogP contribution in [0.25, 0.3) is 6.08 Å². The molecule has 0 spiro atoms. The van der Waals surface area contributed by atoms with Gasteiger partial charge in [-0.1, -0.05) is 62.2 Å². The van der Waals surface area contributed by atoms with E-state index in [-0.39, 0.29) is 5.78 Å². The maximum Gasteiger partial charge on any atom is 0.155 e. The number of unbranched alkanes of at least 4 members (excludes halogenated alkanes) is 2. The minimum absolute atomic E-state index is 0.148. The molecule has 0 aliphatic rings. The molecule has 0 amide bonds. The van der Waals surface area contributed by atoms with E-state index < -0.39 is 0 Å². The summed E-state index contributed by atoms with van der Waals surface area (Å²) in [6, 6.07) is 10.3. The van der Waals surface area contributed by atoms with Crippen molar-refractivity contribution >= 4 is 11.9 Å². The summed E-state index contributed by atoms with van der Waals surface area (Å²) >= 11 is 0. The lowest BCUT2D eigenvalue weighted by molar-refractivity contribution is -0.113. The van der Waals surface area contributed by atoms with Crippen molar-refractivity contribution in [2.75, 3.05) is 0 Å². The van der Waals surface area contributed by atoms with Crippen LogP contribution in [-0.4, -0.2) is 5.78 Å². The van der Waals surface area contributed by atoms with E-state index in [4.69, 9.17) is 0 Å². The van der Waals surface area contributed by atoms with E-state index in [0.717, 1.165) is 12.0 Å². The highest BCUT2D eigenvalue weighted by Crippen LogP contribution is 2.17. The van der Waals surface area contributed by atoms with E-state index in [1.165, 1.54) is 30.4 Å². The Morgan fingerprint density at radius 2 is 1.79 bits per heavy atom. The Morgan fingerprint density at radius 1 is 1.11 bits per heavy atom. The normalized spacial score (nSPS) is 12.6. The van der Waals surface area contributed by atoms with Gasteiger partial charge in [0.1, 0.15) is 0 Å². The molecule has 0 saturated heterocycles. The molecule has 102 valence electrons. The minimum atomic E-state index is 0.148. The van der Waals surface area contributed by atoms with E-state index >= 15 is 0 Å². The zero-order valence-corrected chi connectivity index (χ0v) is 12.3. The standard InChI is InChI=1S/C18H24O/c1-4-5-7-12-18(13-15(2)16(3)19)14-17-10-8-6-9-11-17/h6,8-11,13-14H,4-5,7,12H2,1-3H3. The molecule has 0 bridgehead atoms. The summed E-state index contributed by atoms with van der Waals surface area (Å²) in [7, 11) is 0. The predicted molar refractivity (Wildman–Crippen MR) is 83.0 cm³/mol.